The lowest BCUT2D eigenvalue weighted by molar-refractivity contribution is -0.151. The first kappa shape index (κ1) is 12.8. The van der Waals surface area contributed by atoms with Gasteiger partial charge in [0.15, 0.2) is 5.79 Å². The Morgan fingerprint density at radius 3 is 2.79 bits per heavy atom. The first-order valence-corrected chi connectivity index (χ1v) is 6.85. The number of alkyl halides is 2. The van der Waals surface area contributed by atoms with E-state index >= 15 is 0 Å². The summed E-state index contributed by atoms with van der Waals surface area (Å²) in [5, 5.41) is 0.733. The van der Waals surface area contributed by atoms with E-state index in [2.05, 4.69) is 22.9 Å². The summed E-state index contributed by atoms with van der Waals surface area (Å²) in [5.41, 5.74) is 0. The van der Waals surface area contributed by atoms with E-state index in [9.17, 15) is 0 Å². The second kappa shape index (κ2) is 6.31. The summed E-state index contributed by atoms with van der Waals surface area (Å²) in [4.78, 5) is 0. The molecule has 84 valence electrons. The largest absolute Gasteiger partial charge is 0.346 e. The Bertz CT molecular complexity index is 168. The average Bonchev–Trinajstić information content (AvgIpc) is 2.63. The van der Waals surface area contributed by atoms with E-state index < -0.39 is 5.79 Å². The second-order valence-electron chi connectivity index (χ2n) is 3.71. The molecule has 14 heavy (non-hydrogen) atoms. The zero-order valence-electron chi connectivity index (χ0n) is 8.60. The summed E-state index contributed by atoms with van der Waals surface area (Å²) in [7, 11) is 0. The van der Waals surface area contributed by atoms with Crippen LogP contribution in [-0.2, 0) is 9.47 Å². The maximum absolute atomic E-state index is 5.79. The van der Waals surface area contributed by atoms with Gasteiger partial charge in [-0.2, -0.15) is 0 Å². The quantitative estimate of drug-likeness (QED) is 0.551. The molecule has 0 saturated carbocycles. The van der Waals surface area contributed by atoms with Crippen LogP contribution in [0.25, 0.3) is 0 Å². The van der Waals surface area contributed by atoms with Crippen molar-refractivity contribution >= 4 is 27.5 Å². The Labute approximate surface area is 99.4 Å². The van der Waals surface area contributed by atoms with E-state index in [4.69, 9.17) is 21.1 Å². The Morgan fingerprint density at radius 2 is 2.29 bits per heavy atom. The molecule has 0 aliphatic carbocycles. The molecule has 1 saturated heterocycles. The van der Waals surface area contributed by atoms with Crippen LogP contribution >= 0.6 is 27.5 Å². The van der Waals surface area contributed by atoms with E-state index in [1.165, 1.54) is 12.8 Å². The normalized spacial score (nSPS) is 32.4. The molecule has 4 heteroatoms. The van der Waals surface area contributed by atoms with Crippen LogP contribution in [-0.4, -0.2) is 29.7 Å². The third kappa shape index (κ3) is 3.37. The van der Waals surface area contributed by atoms with Gasteiger partial charge in [0.05, 0.1) is 23.9 Å². The molecule has 1 rings (SSSR count). The van der Waals surface area contributed by atoms with Gasteiger partial charge in [-0.25, -0.2) is 0 Å². The fourth-order valence-electron chi connectivity index (χ4n) is 1.60. The lowest BCUT2D eigenvalue weighted by Crippen LogP contribution is -2.33. The highest BCUT2D eigenvalue weighted by Crippen LogP contribution is 2.31. The fraction of sp³-hybridized carbons (Fsp3) is 1.00. The van der Waals surface area contributed by atoms with Crippen LogP contribution in [0, 0.1) is 0 Å². The van der Waals surface area contributed by atoms with Crippen LogP contribution in [0.2, 0.25) is 0 Å². The zero-order chi connectivity index (χ0) is 10.4. The standard InChI is InChI=1S/C10H18BrClO2/c1-2-3-4-5-10(8-11)13-7-9(6-12)14-10/h9H,2-8H2,1H3/t9-,10?/m1/s1. The number of hydrogen-bond acceptors (Lipinski definition) is 2. The highest BCUT2D eigenvalue weighted by Gasteiger charge is 2.39. The fourth-order valence-corrected chi connectivity index (χ4v) is 2.33. The van der Waals surface area contributed by atoms with Crippen LogP contribution in [0.4, 0.5) is 0 Å². The molecule has 2 atom stereocenters. The van der Waals surface area contributed by atoms with Gasteiger partial charge in [0.2, 0.25) is 0 Å². The van der Waals surface area contributed by atoms with E-state index in [0.29, 0.717) is 12.5 Å². The summed E-state index contributed by atoms with van der Waals surface area (Å²) in [5.74, 6) is 0.108. The van der Waals surface area contributed by atoms with E-state index in [1.54, 1.807) is 0 Å². The van der Waals surface area contributed by atoms with Gasteiger partial charge >= 0.3 is 0 Å². The van der Waals surface area contributed by atoms with E-state index in [1.807, 2.05) is 0 Å². The highest BCUT2D eigenvalue weighted by molar-refractivity contribution is 9.09. The van der Waals surface area contributed by atoms with Crippen LogP contribution in [0.3, 0.4) is 0 Å². The molecule has 0 spiro atoms. The number of hydrogen-bond donors (Lipinski definition) is 0. The Balaban J connectivity index is 2.35. The topological polar surface area (TPSA) is 18.5 Å². The van der Waals surface area contributed by atoms with Crippen LogP contribution in [0.1, 0.15) is 32.6 Å². The van der Waals surface area contributed by atoms with E-state index in [-0.39, 0.29) is 6.10 Å². The second-order valence-corrected chi connectivity index (χ2v) is 4.58. The van der Waals surface area contributed by atoms with Gasteiger partial charge in [-0.1, -0.05) is 35.7 Å². The molecule has 0 bridgehead atoms. The van der Waals surface area contributed by atoms with Crippen molar-refractivity contribution in [3.8, 4) is 0 Å². The first-order valence-electron chi connectivity index (χ1n) is 5.20. The lowest BCUT2D eigenvalue weighted by atomic mass is 10.1. The molecular formula is C10H18BrClO2. The predicted molar refractivity (Wildman–Crippen MR) is 62.2 cm³/mol. The van der Waals surface area contributed by atoms with E-state index in [0.717, 1.165) is 18.2 Å². The summed E-state index contributed by atoms with van der Waals surface area (Å²) >= 11 is 9.18. The van der Waals surface area contributed by atoms with Crippen molar-refractivity contribution in [1.82, 2.24) is 0 Å². The summed E-state index contributed by atoms with van der Waals surface area (Å²) < 4.78 is 11.5. The van der Waals surface area contributed by atoms with Gasteiger partial charge in [-0.15, -0.1) is 11.6 Å². The molecule has 1 unspecified atom stereocenters. The number of rotatable bonds is 6. The summed E-state index contributed by atoms with van der Waals surface area (Å²) in [6.07, 6.45) is 4.62. The maximum Gasteiger partial charge on any atom is 0.178 e. The van der Waals surface area contributed by atoms with Crippen molar-refractivity contribution in [2.75, 3.05) is 17.8 Å². The van der Waals surface area contributed by atoms with Crippen molar-refractivity contribution in [2.45, 2.75) is 44.5 Å². The molecule has 0 aromatic heterocycles. The monoisotopic (exact) mass is 284 g/mol. The van der Waals surface area contributed by atoms with Gasteiger partial charge in [-0.05, 0) is 6.42 Å². The van der Waals surface area contributed by atoms with Gasteiger partial charge in [0.25, 0.3) is 0 Å². The SMILES string of the molecule is CCCCCC1(CBr)OC[C@@H](CCl)O1. The van der Waals surface area contributed by atoms with Crippen LogP contribution < -0.4 is 0 Å². The van der Waals surface area contributed by atoms with Crippen LogP contribution in [0.15, 0.2) is 0 Å². The van der Waals surface area contributed by atoms with Crippen LogP contribution in [0.5, 0.6) is 0 Å². The number of halogens is 2. The molecule has 1 aliphatic rings. The molecule has 0 amide bonds. The highest BCUT2D eigenvalue weighted by atomic mass is 79.9. The summed E-state index contributed by atoms with van der Waals surface area (Å²) in [6, 6.07) is 0. The Morgan fingerprint density at radius 1 is 1.50 bits per heavy atom. The third-order valence-electron chi connectivity index (χ3n) is 2.45. The molecule has 1 heterocycles. The molecule has 2 nitrogen and oxygen atoms in total. The number of unbranched alkanes of at least 4 members (excludes halogenated alkanes) is 2. The maximum atomic E-state index is 5.79. The zero-order valence-corrected chi connectivity index (χ0v) is 10.9. The van der Waals surface area contributed by atoms with Crippen molar-refractivity contribution in [3.63, 3.8) is 0 Å². The smallest absolute Gasteiger partial charge is 0.178 e. The minimum absolute atomic E-state index is 0.0656. The van der Waals surface area contributed by atoms with Gasteiger partial charge in [0, 0.05) is 6.42 Å². The molecule has 0 aromatic rings. The molecule has 0 N–H and O–H groups in total. The summed E-state index contributed by atoms with van der Waals surface area (Å²) in [6.45, 7) is 2.82. The van der Waals surface area contributed by atoms with Gasteiger partial charge in [0.1, 0.15) is 0 Å². The van der Waals surface area contributed by atoms with Gasteiger partial charge < -0.3 is 9.47 Å². The minimum atomic E-state index is -0.408. The van der Waals surface area contributed by atoms with Crippen molar-refractivity contribution in [1.29, 1.82) is 0 Å². The molecule has 0 radical (unpaired) electrons. The molecular weight excluding hydrogens is 267 g/mol. The molecule has 0 aromatic carbocycles. The lowest BCUT2D eigenvalue weighted by Gasteiger charge is -2.25. The van der Waals surface area contributed by atoms with Crippen molar-refractivity contribution in [3.05, 3.63) is 0 Å². The Hall–Kier alpha value is 0.690. The molecule has 1 fully saturated rings. The van der Waals surface area contributed by atoms with Crippen molar-refractivity contribution in [2.24, 2.45) is 0 Å². The first-order chi connectivity index (χ1) is 6.76. The third-order valence-corrected chi connectivity index (χ3v) is 3.65. The Kier molecular flexibility index (Phi) is 5.75. The number of ether oxygens (including phenoxy) is 2. The predicted octanol–water partition coefficient (Wildman–Crippen LogP) is 3.31. The molecule has 1 aliphatic heterocycles. The van der Waals surface area contributed by atoms with Gasteiger partial charge in [-0.3, -0.25) is 0 Å². The van der Waals surface area contributed by atoms with Crippen molar-refractivity contribution < 1.29 is 9.47 Å². The minimum Gasteiger partial charge on any atom is -0.346 e. The average molecular weight is 286 g/mol.